The van der Waals surface area contributed by atoms with Crippen LogP contribution in [0.4, 0.5) is 5.69 Å². The molecule has 1 saturated heterocycles. The van der Waals surface area contributed by atoms with Gasteiger partial charge in [0.2, 0.25) is 5.91 Å². The van der Waals surface area contributed by atoms with E-state index in [1.54, 1.807) is 12.1 Å². The van der Waals surface area contributed by atoms with E-state index in [0.717, 1.165) is 12.8 Å². The summed E-state index contributed by atoms with van der Waals surface area (Å²) in [6, 6.07) is 6.12. The van der Waals surface area contributed by atoms with Gasteiger partial charge in [0.25, 0.3) is 0 Å². The number of rotatable bonds is 3. The smallest absolute Gasteiger partial charge is 0.335 e. The number of carboxylic acid groups (broad SMARTS) is 1. The topological polar surface area (TPSA) is 92.7 Å². The second kappa shape index (κ2) is 4.56. The number of hydrogen-bond acceptors (Lipinski definition) is 4. The molecule has 2 N–H and O–H groups in total. The van der Waals surface area contributed by atoms with Crippen LogP contribution < -0.4 is 5.32 Å². The fraction of sp³-hybridized carbons (Fsp3) is 0.438. The van der Waals surface area contributed by atoms with Crippen LogP contribution in [0.3, 0.4) is 0 Å². The van der Waals surface area contributed by atoms with Crippen molar-refractivity contribution in [1.82, 2.24) is 0 Å². The zero-order valence-electron chi connectivity index (χ0n) is 11.7. The first-order chi connectivity index (χ1) is 10.5. The van der Waals surface area contributed by atoms with E-state index in [0.29, 0.717) is 5.69 Å². The van der Waals surface area contributed by atoms with Gasteiger partial charge in [0.15, 0.2) is 0 Å². The average molecular weight is 301 g/mol. The number of benzene rings is 1. The van der Waals surface area contributed by atoms with E-state index in [1.165, 1.54) is 12.1 Å². The molecule has 1 aliphatic heterocycles. The number of carboxylic acids is 1. The van der Waals surface area contributed by atoms with E-state index >= 15 is 0 Å². The van der Waals surface area contributed by atoms with Crippen molar-refractivity contribution in [3.8, 4) is 0 Å². The predicted molar refractivity (Wildman–Crippen MR) is 75.1 cm³/mol. The summed E-state index contributed by atoms with van der Waals surface area (Å²) < 4.78 is 5.32. The van der Waals surface area contributed by atoms with E-state index in [9.17, 15) is 14.4 Å². The molecule has 1 aromatic carbocycles. The number of anilines is 1. The summed E-state index contributed by atoms with van der Waals surface area (Å²) in [5, 5.41) is 11.7. The highest BCUT2D eigenvalue weighted by molar-refractivity contribution is 5.98. The van der Waals surface area contributed by atoms with Crippen LogP contribution in [0.2, 0.25) is 0 Å². The molecule has 22 heavy (non-hydrogen) atoms. The van der Waals surface area contributed by atoms with Gasteiger partial charge in [-0.05, 0) is 37.0 Å². The summed E-state index contributed by atoms with van der Waals surface area (Å²) in [5.41, 5.74) is 0.557. The van der Waals surface area contributed by atoms with Crippen molar-refractivity contribution < 1.29 is 24.2 Å². The Kier molecular flexibility index (Phi) is 2.76. The Balaban J connectivity index is 1.55. The molecule has 6 heteroatoms. The van der Waals surface area contributed by atoms with Crippen molar-refractivity contribution in [3.05, 3.63) is 29.8 Å². The van der Waals surface area contributed by atoms with Crippen LogP contribution in [0.1, 0.15) is 23.2 Å². The number of esters is 1. The summed E-state index contributed by atoms with van der Waals surface area (Å²) >= 11 is 0. The third-order valence-electron chi connectivity index (χ3n) is 5.16. The SMILES string of the molecule is O=C(O)c1cccc(NC(=O)[C@H]2[C@@H]3C[C@@H]4[C@@H]2C(=O)O[C@@H]4C3)c1. The lowest BCUT2D eigenvalue weighted by atomic mass is 9.79. The Bertz CT molecular complexity index is 683. The standard InChI is InChI=1S/C16H15NO5/c18-14(17-9-3-1-2-7(4-9)15(19)20)12-8-5-10-11(6-8)22-16(21)13(10)12/h1-4,8,10-13H,5-6H2,(H,17,18)(H,19,20)/t8-,10+,11-,12+,13+/m1/s1. The van der Waals surface area contributed by atoms with Crippen molar-refractivity contribution in [3.63, 3.8) is 0 Å². The van der Waals surface area contributed by atoms with Gasteiger partial charge >= 0.3 is 11.9 Å². The maximum Gasteiger partial charge on any atom is 0.335 e. The van der Waals surface area contributed by atoms with E-state index in [4.69, 9.17) is 9.84 Å². The molecule has 0 spiro atoms. The molecule has 0 radical (unpaired) electrons. The summed E-state index contributed by atoms with van der Waals surface area (Å²) in [4.78, 5) is 35.4. The Hall–Kier alpha value is -2.37. The van der Waals surface area contributed by atoms with Gasteiger partial charge in [-0.25, -0.2) is 4.79 Å². The van der Waals surface area contributed by atoms with Crippen molar-refractivity contribution in [1.29, 1.82) is 0 Å². The quantitative estimate of drug-likeness (QED) is 0.826. The van der Waals surface area contributed by atoms with Crippen LogP contribution in [0, 0.1) is 23.7 Å². The molecule has 2 aliphatic carbocycles. The number of ether oxygens (including phenoxy) is 1. The zero-order chi connectivity index (χ0) is 15.4. The first-order valence-electron chi connectivity index (χ1n) is 7.39. The van der Waals surface area contributed by atoms with E-state index in [2.05, 4.69) is 5.32 Å². The first-order valence-corrected chi connectivity index (χ1v) is 7.39. The molecule has 3 aliphatic rings. The number of fused-ring (bicyclic) bond motifs is 1. The van der Waals surface area contributed by atoms with Gasteiger partial charge in [0, 0.05) is 11.6 Å². The van der Waals surface area contributed by atoms with Crippen molar-refractivity contribution in [2.75, 3.05) is 5.32 Å². The van der Waals surface area contributed by atoms with Crippen LogP contribution in [-0.2, 0) is 14.3 Å². The van der Waals surface area contributed by atoms with E-state index in [-0.39, 0.29) is 47.2 Å². The highest BCUT2D eigenvalue weighted by Crippen LogP contribution is 2.57. The van der Waals surface area contributed by atoms with Gasteiger partial charge in [-0.3, -0.25) is 9.59 Å². The van der Waals surface area contributed by atoms with Gasteiger partial charge in [0.05, 0.1) is 17.4 Å². The maximum atomic E-state index is 12.6. The summed E-state index contributed by atoms with van der Waals surface area (Å²) in [5.74, 6) is -1.83. The number of carbonyl (C=O) groups excluding carboxylic acids is 2. The largest absolute Gasteiger partial charge is 0.478 e. The molecule has 2 saturated carbocycles. The predicted octanol–water partition coefficient (Wildman–Crippen LogP) is 1.52. The Morgan fingerprint density at radius 3 is 2.86 bits per heavy atom. The number of amides is 1. The minimum atomic E-state index is -1.04. The van der Waals surface area contributed by atoms with Crippen molar-refractivity contribution in [2.45, 2.75) is 18.9 Å². The first kappa shape index (κ1) is 13.3. The average Bonchev–Trinajstić information content (AvgIpc) is 3.08. The Morgan fingerprint density at radius 2 is 2.09 bits per heavy atom. The molecule has 6 nitrogen and oxygen atoms in total. The molecular formula is C16H15NO5. The molecule has 2 bridgehead atoms. The fourth-order valence-electron chi connectivity index (χ4n) is 4.32. The number of nitrogens with one attached hydrogen (secondary N) is 1. The third-order valence-corrected chi connectivity index (χ3v) is 5.16. The van der Waals surface area contributed by atoms with Crippen LogP contribution >= 0.6 is 0 Å². The third kappa shape index (κ3) is 1.83. The number of aromatic carboxylic acids is 1. The molecule has 3 fully saturated rings. The summed E-state index contributed by atoms with van der Waals surface area (Å²) in [6.45, 7) is 0. The molecule has 114 valence electrons. The molecule has 1 aromatic rings. The van der Waals surface area contributed by atoms with Gasteiger partial charge in [-0.1, -0.05) is 6.07 Å². The van der Waals surface area contributed by atoms with Crippen LogP contribution in [-0.4, -0.2) is 29.1 Å². The zero-order valence-corrected chi connectivity index (χ0v) is 11.7. The van der Waals surface area contributed by atoms with Crippen molar-refractivity contribution in [2.24, 2.45) is 23.7 Å². The lowest BCUT2D eigenvalue weighted by molar-refractivity contribution is -0.145. The molecule has 0 unspecified atom stereocenters. The van der Waals surface area contributed by atoms with Gasteiger partial charge in [0.1, 0.15) is 6.10 Å². The minimum absolute atomic E-state index is 0.00175. The van der Waals surface area contributed by atoms with Crippen molar-refractivity contribution >= 4 is 23.5 Å². The normalized spacial score (nSPS) is 34.5. The van der Waals surface area contributed by atoms with Gasteiger partial charge in [-0.15, -0.1) is 0 Å². The van der Waals surface area contributed by atoms with Gasteiger partial charge < -0.3 is 15.2 Å². The lowest BCUT2D eigenvalue weighted by Crippen LogP contribution is -2.35. The monoisotopic (exact) mass is 301 g/mol. The summed E-state index contributed by atoms with van der Waals surface area (Å²) in [7, 11) is 0. The van der Waals surface area contributed by atoms with Crippen LogP contribution in [0.25, 0.3) is 0 Å². The number of hydrogen-bond donors (Lipinski definition) is 2. The van der Waals surface area contributed by atoms with Crippen LogP contribution in [0.5, 0.6) is 0 Å². The second-order valence-electron chi connectivity index (χ2n) is 6.30. The molecular weight excluding hydrogens is 286 g/mol. The highest BCUT2D eigenvalue weighted by Gasteiger charge is 2.63. The van der Waals surface area contributed by atoms with Crippen LogP contribution in [0.15, 0.2) is 24.3 Å². The van der Waals surface area contributed by atoms with E-state index in [1.807, 2.05) is 0 Å². The molecule has 0 aromatic heterocycles. The lowest BCUT2D eigenvalue weighted by Gasteiger charge is -2.23. The molecule has 1 amide bonds. The van der Waals surface area contributed by atoms with Gasteiger partial charge in [-0.2, -0.15) is 0 Å². The highest BCUT2D eigenvalue weighted by atomic mass is 16.6. The maximum absolute atomic E-state index is 12.6. The van der Waals surface area contributed by atoms with E-state index < -0.39 is 5.97 Å². The Morgan fingerprint density at radius 1 is 1.27 bits per heavy atom. The minimum Gasteiger partial charge on any atom is -0.478 e. The molecule has 5 atom stereocenters. The fourth-order valence-corrected chi connectivity index (χ4v) is 4.32. The summed E-state index contributed by atoms with van der Waals surface area (Å²) in [6.07, 6.45) is 1.64. The Labute approximate surface area is 126 Å². The molecule has 1 heterocycles. The number of carbonyl (C=O) groups is 3. The molecule has 4 rings (SSSR count). The second-order valence-corrected chi connectivity index (χ2v) is 6.30.